The highest BCUT2D eigenvalue weighted by molar-refractivity contribution is 9.10. The average Bonchev–Trinajstić information content (AvgIpc) is 2.27. The molecule has 4 nitrogen and oxygen atoms in total. The van der Waals surface area contributed by atoms with E-state index in [0.29, 0.717) is 0 Å². The lowest BCUT2D eigenvalue weighted by Gasteiger charge is -2.12. The second-order valence-electron chi connectivity index (χ2n) is 3.09. The van der Waals surface area contributed by atoms with Gasteiger partial charge in [0.25, 0.3) is 6.43 Å². The highest BCUT2D eigenvalue weighted by atomic mass is 79.9. The van der Waals surface area contributed by atoms with E-state index in [2.05, 4.69) is 25.7 Å². The van der Waals surface area contributed by atoms with E-state index in [1.807, 2.05) is 0 Å². The second kappa shape index (κ2) is 6.02. The van der Waals surface area contributed by atoms with Gasteiger partial charge in [0.05, 0.1) is 12.2 Å². The van der Waals surface area contributed by atoms with Gasteiger partial charge >= 0.3 is 5.97 Å². The maximum atomic E-state index is 12.9. The van der Waals surface area contributed by atoms with E-state index in [-0.39, 0.29) is 23.3 Å². The molecule has 0 amide bonds. The quantitative estimate of drug-likeness (QED) is 0.685. The van der Waals surface area contributed by atoms with Gasteiger partial charge in [-0.05, 0) is 34.5 Å². The first-order chi connectivity index (χ1) is 8.01. The fourth-order valence-corrected chi connectivity index (χ4v) is 1.79. The number of pyridine rings is 1. The maximum absolute atomic E-state index is 12.9. The summed E-state index contributed by atoms with van der Waals surface area (Å²) in [5.41, 5.74) is 4.68. The Morgan fingerprint density at radius 1 is 1.65 bits per heavy atom. The van der Waals surface area contributed by atoms with Crippen molar-refractivity contribution in [1.29, 1.82) is 0 Å². The fraction of sp³-hybridized carbons (Fsp3) is 0.400. The first-order valence-electron chi connectivity index (χ1n) is 4.85. The summed E-state index contributed by atoms with van der Waals surface area (Å²) in [6.07, 6.45) is -2.83. The Kier molecular flexibility index (Phi) is 4.95. The molecule has 0 saturated heterocycles. The summed E-state index contributed by atoms with van der Waals surface area (Å²) in [5, 5.41) is 0. The van der Waals surface area contributed by atoms with Gasteiger partial charge in [0.2, 0.25) is 0 Å². The lowest BCUT2D eigenvalue weighted by atomic mass is 10.1. The van der Waals surface area contributed by atoms with Gasteiger partial charge in [0.15, 0.2) is 5.69 Å². The molecule has 0 spiro atoms. The number of nitrogens with two attached hydrogens (primary N) is 1. The summed E-state index contributed by atoms with van der Waals surface area (Å²) in [4.78, 5) is 15.2. The van der Waals surface area contributed by atoms with Gasteiger partial charge in [-0.2, -0.15) is 0 Å². The standard InChI is InChI=1S/C10H11BrF2N2O2/c1-2-17-10(16)8-7(9(12)13)5(4-14)3-6(11)15-8/h3,9H,2,4,14H2,1H3. The number of hydrogen-bond acceptors (Lipinski definition) is 4. The minimum absolute atomic E-state index is 0.0909. The van der Waals surface area contributed by atoms with Crippen LogP contribution in [0.2, 0.25) is 0 Å². The molecule has 17 heavy (non-hydrogen) atoms. The molecule has 1 rings (SSSR count). The lowest BCUT2D eigenvalue weighted by molar-refractivity contribution is 0.0507. The number of carbonyl (C=O) groups excluding carboxylic acids is 1. The molecule has 0 aliphatic carbocycles. The highest BCUT2D eigenvalue weighted by Gasteiger charge is 2.25. The first kappa shape index (κ1) is 14.0. The molecular weight excluding hydrogens is 298 g/mol. The predicted molar refractivity (Wildman–Crippen MR) is 60.7 cm³/mol. The van der Waals surface area contributed by atoms with Gasteiger partial charge in [-0.25, -0.2) is 18.6 Å². The van der Waals surface area contributed by atoms with Crippen LogP contribution in [0.4, 0.5) is 8.78 Å². The molecule has 0 radical (unpaired) electrons. The van der Waals surface area contributed by atoms with Gasteiger partial charge in [0, 0.05) is 6.54 Å². The van der Waals surface area contributed by atoms with Crippen LogP contribution in [-0.2, 0) is 11.3 Å². The van der Waals surface area contributed by atoms with Gasteiger partial charge in [-0.15, -0.1) is 0 Å². The Morgan fingerprint density at radius 2 is 2.29 bits per heavy atom. The van der Waals surface area contributed by atoms with Crippen LogP contribution in [0, 0.1) is 0 Å². The summed E-state index contributed by atoms with van der Waals surface area (Å²) in [5.74, 6) is -0.876. The Morgan fingerprint density at radius 3 is 2.76 bits per heavy atom. The van der Waals surface area contributed by atoms with Gasteiger partial charge in [0.1, 0.15) is 4.60 Å². The molecule has 0 bridgehead atoms. The fourth-order valence-electron chi connectivity index (χ4n) is 1.34. The Balaban J connectivity index is 3.35. The minimum atomic E-state index is -2.83. The Bertz CT molecular complexity index is 427. The molecule has 7 heteroatoms. The number of aromatic nitrogens is 1. The summed E-state index contributed by atoms with van der Waals surface area (Å²) in [6.45, 7) is 1.57. The minimum Gasteiger partial charge on any atom is -0.461 e. The molecule has 1 heterocycles. The Labute approximate surface area is 105 Å². The van der Waals surface area contributed by atoms with Gasteiger partial charge in [-0.3, -0.25) is 0 Å². The van der Waals surface area contributed by atoms with E-state index in [1.54, 1.807) is 6.92 Å². The number of rotatable bonds is 4. The summed E-state index contributed by atoms with van der Waals surface area (Å²) >= 11 is 3.04. The smallest absolute Gasteiger partial charge is 0.357 e. The zero-order valence-electron chi connectivity index (χ0n) is 9.04. The van der Waals surface area contributed by atoms with E-state index >= 15 is 0 Å². The zero-order valence-corrected chi connectivity index (χ0v) is 10.6. The van der Waals surface area contributed by atoms with E-state index in [0.717, 1.165) is 0 Å². The number of hydrogen-bond donors (Lipinski definition) is 1. The third-order valence-corrected chi connectivity index (χ3v) is 2.43. The summed E-state index contributed by atoms with van der Waals surface area (Å²) in [6, 6.07) is 1.37. The number of alkyl halides is 2. The van der Waals surface area contributed by atoms with Crippen LogP contribution >= 0.6 is 15.9 Å². The normalized spacial score (nSPS) is 10.7. The number of nitrogens with zero attached hydrogens (tertiary/aromatic N) is 1. The van der Waals surface area contributed by atoms with Crippen molar-refractivity contribution in [3.63, 3.8) is 0 Å². The average molecular weight is 309 g/mol. The molecule has 94 valence electrons. The van der Waals surface area contributed by atoms with Crippen LogP contribution in [0.15, 0.2) is 10.7 Å². The van der Waals surface area contributed by atoms with Crippen molar-refractivity contribution < 1.29 is 18.3 Å². The van der Waals surface area contributed by atoms with Crippen LogP contribution in [0.5, 0.6) is 0 Å². The van der Waals surface area contributed by atoms with E-state index in [9.17, 15) is 13.6 Å². The number of esters is 1. The predicted octanol–water partition coefficient (Wildman–Crippen LogP) is 2.42. The molecule has 0 unspecified atom stereocenters. The number of carbonyl (C=O) groups is 1. The number of ether oxygens (including phenoxy) is 1. The molecule has 0 fully saturated rings. The highest BCUT2D eigenvalue weighted by Crippen LogP contribution is 2.28. The molecule has 0 aromatic carbocycles. The zero-order chi connectivity index (χ0) is 13.0. The molecule has 1 aromatic rings. The molecule has 2 N–H and O–H groups in total. The molecule has 1 aromatic heterocycles. The van der Waals surface area contributed by atoms with E-state index in [4.69, 9.17) is 5.73 Å². The van der Waals surface area contributed by atoms with Crippen LogP contribution < -0.4 is 5.73 Å². The largest absolute Gasteiger partial charge is 0.461 e. The van der Waals surface area contributed by atoms with Crippen LogP contribution in [0.25, 0.3) is 0 Å². The third-order valence-electron chi connectivity index (χ3n) is 2.02. The summed E-state index contributed by atoms with van der Waals surface area (Å²) in [7, 11) is 0. The van der Waals surface area contributed by atoms with Crippen molar-refractivity contribution in [3.05, 3.63) is 27.5 Å². The topological polar surface area (TPSA) is 65.2 Å². The summed E-state index contributed by atoms with van der Waals surface area (Å²) < 4.78 is 30.7. The maximum Gasteiger partial charge on any atom is 0.357 e. The van der Waals surface area contributed by atoms with Crippen molar-refractivity contribution in [2.45, 2.75) is 19.9 Å². The molecule has 0 aliphatic heterocycles. The van der Waals surface area contributed by atoms with Gasteiger partial charge < -0.3 is 10.5 Å². The van der Waals surface area contributed by atoms with Crippen molar-refractivity contribution in [2.24, 2.45) is 5.73 Å². The van der Waals surface area contributed by atoms with E-state index < -0.39 is 23.7 Å². The lowest BCUT2D eigenvalue weighted by Crippen LogP contribution is -2.15. The van der Waals surface area contributed by atoms with Crippen molar-refractivity contribution in [1.82, 2.24) is 4.98 Å². The third kappa shape index (κ3) is 3.19. The van der Waals surface area contributed by atoms with Crippen LogP contribution in [0.1, 0.15) is 35.0 Å². The van der Waals surface area contributed by atoms with Crippen LogP contribution in [0.3, 0.4) is 0 Å². The Hall–Kier alpha value is -1.08. The van der Waals surface area contributed by atoms with Crippen molar-refractivity contribution in [3.8, 4) is 0 Å². The molecule has 0 saturated carbocycles. The molecular formula is C10H11BrF2N2O2. The van der Waals surface area contributed by atoms with Gasteiger partial charge in [-0.1, -0.05) is 0 Å². The SMILES string of the molecule is CCOC(=O)c1nc(Br)cc(CN)c1C(F)F. The van der Waals surface area contributed by atoms with Crippen LogP contribution in [-0.4, -0.2) is 17.6 Å². The van der Waals surface area contributed by atoms with Crippen molar-refractivity contribution >= 4 is 21.9 Å². The van der Waals surface area contributed by atoms with Crippen molar-refractivity contribution in [2.75, 3.05) is 6.61 Å². The second-order valence-corrected chi connectivity index (χ2v) is 3.90. The molecule has 0 aliphatic rings. The van der Waals surface area contributed by atoms with E-state index in [1.165, 1.54) is 6.07 Å². The first-order valence-corrected chi connectivity index (χ1v) is 5.65. The number of halogens is 3. The monoisotopic (exact) mass is 308 g/mol. The molecule has 0 atom stereocenters.